The Kier molecular flexibility index (Phi) is 5.55. The summed E-state index contributed by atoms with van der Waals surface area (Å²) >= 11 is 7.54. The molecule has 3 aromatic heterocycles. The van der Waals surface area contributed by atoms with E-state index in [1.807, 2.05) is 29.2 Å². The Labute approximate surface area is 167 Å². The number of aromatic nitrogens is 3. The number of hydrogen-bond acceptors (Lipinski definition) is 5. The number of rotatable bonds is 4. The second-order valence-electron chi connectivity index (χ2n) is 6.56. The summed E-state index contributed by atoms with van der Waals surface area (Å²) in [6, 6.07) is 9.82. The molecule has 7 heteroatoms. The maximum Gasteiger partial charge on any atom is 0.232 e. The Balaban J connectivity index is 1.34. The third-order valence-electron chi connectivity index (χ3n) is 4.81. The molecule has 0 N–H and O–H groups in total. The van der Waals surface area contributed by atoms with Gasteiger partial charge in [-0.1, -0.05) is 11.6 Å². The lowest BCUT2D eigenvalue weighted by Crippen LogP contribution is -2.39. The van der Waals surface area contributed by atoms with Crippen LogP contribution < -0.4 is 0 Å². The van der Waals surface area contributed by atoms with Gasteiger partial charge >= 0.3 is 0 Å². The fourth-order valence-electron chi connectivity index (χ4n) is 3.32. The van der Waals surface area contributed by atoms with Crippen LogP contribution in [0.5, 0.6) is 0 Å². The standard InChI is InChI=1S/C20H19ClN4OS/c21-16-11-15-1-2-18(24-20(15)23-12-16)14-5-9-25(10-6-14)19(26)13-27-17-3-7-22-8-4-17/h1-4,7-8,11-12,14H,5-6,9-10,13H2. The molecule has 1 fully saturated rings. The molecular weight excluding hydrogens is 380 g/mol. The lowest BCUT2D eigenvalue weighted by atomic mass is 9.93. The normalized spacial score (nSPS) is 15.2. The first-order chi connectivity index (χ1) is 13.2. The van der Waals surface area contributed by atoms with Crippen LogP contribution in [-0.4, -0.2) is 44.6 Å². The molecule has 0 radical (unpaired) electrons. The zero-order valence-corrected chi connectivity index (χ0v) is 16.3. The molecule has 5 nitrogen and oxygen atoms in total. The summed E-state index contributed by atoms with van der Waals surface area (Å²) in [5.74, 6) is 1.02. The summed E-state index contributed by atoms with van der Waals surface area (Å²) in [5, 5.41) is 1.57. The zero-order chi connectivity index (χ0) is 18.6. The highest BCUT2D eigenvalue weighted by atomic mass is 35.5. The molecule has 0 unspecified atom stereocenters. The number of hydrogen-bond donors (Lipinski definition) is 0. The van der Waals surface area contributed by atoms with Crippen molar-refractivity contribution in [1.82, 2.24) is 19.9 Å². The average molecular weight is 399 g/mol. The van der Waals surface area contributed by atoms with Gasteiger partial charge in [0.2, 0.25) is 5.91 Å². The van der Waals surface area contributed by atoms with Gasteiger partial charge in [0.1, 0.15) is 0 Å². The second kappa shape index (κ2) is 8.23. The van der Waals surface area contributed by atoms with Crippen LogP contribution in [0.4, 0.5) is 0 Å². The van der Waals surface area contributed by atoms with Gasteiger partial charge in [0, 0.05) is 53.6 Å². The molecule has 1 aliphatic heterocycles. The van der Waals surface area contributed by atoms with Gasteiger partial charge in [0.15, 0.2) is 5.65 Å². The smallest absolute Gasteiger partial charge is 0.232 e. The summed E-state index contributed by atoms with van der Waals surface area (Å²) < 4.78 is 0. The number of nitrogens with zero attached hydrogens (tertiary/aromatic N) is 4. The van der Waals surface area contributed by atoms with Crippen molar-refractivity contribution in [2.45, 2.75) is 23.7 Å². The van der Waals surface area contributed by atoms with Gasteiger partial charge in [-0.25, -0.2) is 9.97 Å². The highest BCUT2D eigenvalue weighted by molar-refractivity contribution is 8.00. The number of pyridine rings is 3. The van der Waals surface area contributed by atoms with Crippen molar-refractivity contribution in [2.75, 3.05) is 18.8 Å². The molecule has 1 amide bonds. The number of halogens is 1. The second-order valence-corrected chi connectivity index (χ2v) is 8.05. The molecule has 0 bridgehead atoms. The first kappa shape index (κ1) is 18.2. The van der Waals surface area contributed by atoms with Crippen LogP contribution in [0, 0.1) is 0 Å². The van der Waals surface area contributed by atoms with Crippen LogP contribution in [0.15, 0.2) is 53.8 Å². The third-order valence-corrected chi connectivity index (χ3v) is 6.01. The predicted octanol–water partition coefficient (Wildman–Crippen LogP) is 4.18. The fraction of sp³-hybridized carbons (Fsp3) is 0.300. The van der Waals surface area contributed by atoms with Crippen molar-refractivity contribution in [3.8, 4) is 0 Å². The van der Waals surface area contributed by atoms with Gasteiger partial charge in [-0.15, -0.1) is 11.8 Å². The van der Waals surface area contributed by atoms with Crippen molar-refractivity contribution in [3.63, 3.8) is 0 Å². The van der Waals surface area contributed by atoms with E-state index in [1.165, 1.54) is 0 Å². The molecular formula is C20H19ClN4OS. The van der Waals surface area contributed by atoms with Gasteiger partial charge in [0.05, 0.1) is 10.8 Å². The van der Waals surface area contributed by atoms with Gasteiger partial charge in [-0.3, -0.25) is 9.78 Å². The first-order valence-electron chi connectivity index (χ1n) is 8.92. The quantitative estimate of drug-likeness (QED) is 0.617. The number of piperidine rings is 1. The summed E-state index contributed by atoms with van der Waals surface area (Å²) in [7, 11) is 0. The van der Waals surface area contributed by atoms with Crippen molar-refractivity contribution in [1.29, 1.82) is 0 Å². The van der Waals surface area contributed by atoms with E-state index < -0.39 is 0 Å². The van der Waals surface area contributed by atoms with Crippen LogP contribution in [0.25, 0.3) is 11.0 Å². The van der Waals surface area contributed by atoms with E-state index in [1.54, 1.807) is 30.4 Å². The van der Waals surface area contributed by atoms with E-state index in [0.29, 0.717) is 16.7 Å². The van der Waals surface area contributed by atoms with E-state index in [4.69, 9.17) is 16.6 Å². The van der Waals surface area contributed by atoms with Gasteiger partial charge < -0.3 is 4.90 Å². The number of carbonyl (C=O) groups excluding carboxylic acids is 1. The molecule has 0 saturated carbocycles. The monoisotopic (exact) mass is 398 g/mol. The Morgan fingerprint density at radius 3 is 2.74 bits per heavy atom. The van der Waals surface area contributed by atoms with Crippen molar-refractivity contribution in [2.24, 2.45) is 0 Å². The molecule has 4 rings (SSSR count). The van der Waals surface area contributed by atoms with Gasteiger partial charge in [0.25, 0.3) is 0 Å². The minimum atomic E-state index is 0.193. The molecule has 0 aliphatic carbocycles. The van der Waals surface area contributed by atoms with Crippen molar-refractivity contribution < 1.29 is 4.79 Å². The number of thioether (sulfide) groups is 1. The maximum atomic E-state index is 12.5. The minimum Gasteiger partial charge on any atom is -0.342 e. The number of likely N-dealkylation sites (tertiary alicyclic amines) is 1. The predicted molar refractivity (Wildman–Crippen MR) is 108 cm³/mol. The Morgan fingerprint density at radius 2 is 1.96 bits per heavy atom. The highest BCUT2D eigenvalue weighted by Crippen LogP contribution is 2.29. The average Bonchev–Trinajstić information content (AvgIpc) is 2.72. The highest BCUT2D eigenvalue weighted by Gasteiger charge is 2.24. The van der Waals surface area contributed by atoms with E-state index in [9.17, 15) is 4.79 Å². The van der Waals surface area contributed by atoms with Crippen LogP contribution in [0.1, 0.15) is 24.5 Å². The van der Waals surface area contributed by atoms with Crippen LogP contribution in [0.2, 0.25) is 5.02 Å². The minimum absolute atomic E-state index is 0.193. The van der Waals surface area contributed by atoms with Gasteiger partial charge in [-0.05, 0) is 43.2 Å². The van der Waals surface area contributed by atoms with Crippen LogP contribution in [-0.2, 0) is 4.79 Å². The lowest BCUT2D eigenvalue weighted by molar-refractivity contribution is -0.129. The molecule has 1 aliphatic rings. The molecule has 0 aromatic carbocycles. The molecule has 4 heterocycles. The van der Waals surface area contributed by atoms with E-state index in [-0.39, 0.29) is 5.91 Å². The summed E-state index contributed by atoms with van der Waals surface area (Å²) in [5.41, 5.74) is 1.78. The zero-order valence-electron chi connectivity index (χ0n) is 14.7. The Morgan fingerprint density at radius 1 is 1.19 bits per heavy atom. The van der Waals surface area contributed by atoms with E-state index in [2.05, 4.69) is 16.0 Å². The first-order valence-corrected chi connectivity index (χ1v) is 10.3. The SMILES string of the molecule is O=C(CSc1ccncc1)N1CCC(c2ccc3cc(Cl)cnc3n2)CC1. The topological polar surface area (TPSA) is 59.0 Å². The van der Waals surface area contributed by atoms with Crippen LogP contribution in [0.3, 0.4) is 0 Å². The largest absolute Gasteiger partial charge is 0.342 e. The Bertz CT molecular complexity index is 945. The summed E-state index contributed by atoms with van der Waals surface area (Å²) in [6.45, 7) is 1.54. The number of carbonyl (C=O) groups is 1. The lowest BCUT2D eigenvalue weighted by Gasteiger charge is -2.31. The number of amides is 1. The van der Waals surface area contributed by atoms with E-state index >= 15 is 0 Å². The van der Waals surface area contributed by atoms with Crippen LogP contribution >= 0.6 is 23.4 Å². The molecule has 0 spiro atoms. The molecule has 27 heavy (non-hydrogen) atoms. The van der Waals surface area contributed by atoms with Crippen molar-refractivity contribution >= 4 is 40.3 Å². The third kappa shape index (κ3) is 4.39. The summed E-state index contributed by atoms with van der Waals surface area (Å²) in [4.78, 5) is 28.5. The molecule has 138 valence electrons. The Hall–Kier alpha value is -2.18. The number of fused-ring (bicyclic) bond motifs is 1. The van der Waals surface area contributed by atoms with E-state index in [0.717, 1.165) is 47.6 Å². The molecule has 1 saturated heterocycles. The molecule has 3 aromatic rings. The summed E-state index contributed by atoms with van der Waals surface area (Å²) in [6.07, 6.45) is 6.98. The molecule has 0 atom stereocenters. The van der Waals surface area contributed by atoms with Crippen molar-refractivity contribution in [3.05, 3.63) is 59.6 Å². The van der Waals surface area contributed by atoms with Gasteiger partial charge in [-0.2, -0.15) is 0 Å². The fourth-order valence-corrected chi connectivity index (χ4v) is 4.27. The maximum absolute atomic E-state index is 12.5.